The Kier molecular flexibility index (Phi) is 7.67. The summed E-state index contributed by atoms with van der Waals surface area (Å²) in [7, 11) is 0. The zero-order valence-corrected chi connectivity index (χ0v) is 19.3. The number of nitrogens with one attached hydrogen (secondary N) is 3. The van der Waals surface area contributed by atoms with Crippen molar-refractivity contribution in [2.24, 2.45) is 11.8 Å². The van der Waals surface area contributed by atoms with Gasteiger partial charge in [-0.2, -0.15) is 0 Å². The first-order valence-corrected chi connectivity index (χ1v) is 11.3. The van der Waals surface area contributed by atoms with Crippen LogP contribution in [0.3, 0.4) is 0 Å². The van der Waals surface area contributed by atoms with E-state index in [0.717, 1.165) is 30.4 Å². The minimum absolute atomic E-state index is 0.197. The van der Waals surface area contributed by atoms with Crippen LogP contribution in [0.5, 0.6) is 0 Å². The highest BCUT2D eigenvalue weighted by Gasteiger charge is 2.31. The van der Waals surface area contributed by atoms with Crippen LogP contribution < -0.4 is 16.0 Å². The number of rotatable bonds is 5. The van der Waals surface area contributed by atoms with Gasteiger partial charge in [0, 0.05) is 18.3 Å². The minimum atomic E-state index is -0.712. The molecule has 0 aliphatic heterocycles. The van der Waals surface area contributed by atoms with Crippen LogP contribution in [-0.2, 0) is 14.4 Å². The lowest BCUT2D eigenvalue weighted by Crippen LogP contribution is -2.41. The molecule has 0 unspecified atom stereocenters. The number of carbonyl (C=O) groups is 3. The van der Waals surface area contributed by atoms with Gasteiger partial charge in [-0.25, -0.2) is 0 Å². The molecular formula is C26H33N3O3. The zero-order valence-electron chi connectivity index (χ0n) is 19.3. The number of anilines is 2. The van der Waals surface area contributed by atoms with E-state index in [0.29, 0.717) is 28.8 Å². The normalized spacial score (nSPS) is 19.0. The zero-order chi connectivity index (χ0) is 23.3. The van der Waals surface area contributed by atoms with E-state index in [1.807, 2.05) is 31.2 Å². The Hall–Kier alpha value is -3.15. The third-order valence-electron chi connectivity index (χ3n) is 6.36. The van der Waals surface area contributed by atoms with Crippen LogP contribution in [0.15, 0.2) is 42.5 Å². The van der Waals surface area contributed by atoms with Crippen molar-refractivity contribution in [1.29, 1.82) is 0 Å². The topological polar surface area (TPSA) is 87.3 Å². The smallest absolute Gasteiger partial charge is 0.313 e. The van der Waals surface area contributed by atoms with E-state index in [2.05, 4.69) is 22.9 Å². The van der Waals surface area contributed by atoms with Crippen molar-refractivity contribution in [3.8, 4) is 0 Å². The van der Waals surface area contributed by atoms with Gasteiger partial charge in [0.05, 0.1) is 6.04 Å². The monoisotopic (exact) mass is 435 g/mol. The maximum absolute atomic E-state index is 12.9. The van der Waals surface area contributed by atoms with Gasteiger partial charge in [-0.3, -0.25) is 14.4 Å². The fourth-order valence-corrected chi connectivity index (χ4v) is 4.65. The summed E-state index contributed by atoms with van der Waals surface area (Å²) in [6, 6.07) is 13.0. The number of benzene rings is 2. The van der Waals surface area contributed by atoms with Gasteiger partial charge in [0.15, 0.2) is 0 Å². The Morgan fingerprint density at radius 1 is 0.906 bits per heavy atom. The lowest BCUT2D eigenvalue weighted by molar-refractivity contribution is -0.137. The summed E-state index contributed by atoms with van der Waals surface area (Å²) in [5.41, 5.74) is 3.96. The predicted molar refractivity (Wildman–Crippen MR) is 127 cm³/mol. The van der Waals surface area contributed by atoms with E-state index in [1.165, 1.54) is 13.3 Å². The fourth-order valence-electron chi connectivity index (χ4n) is 4.65. The van der Waals surface area contributed by atoms with Crippen LogP contribution in [0, 0.1) is 25.7 Å². The highest BCUT2D eigenvalue weighted by molar-refractivity contribution is 6.39. The highest BCUT2D eigenvalue weighted by atomic mass is 16.2. The summed E-state index contributed by atoms with van der Waals surface area (Å²) < 4.78 is 0. The SMILES string of the molecule is CC(=O)Nc1cccc(NC(=O)C(=O)N[C@H](c2ccccc2C)[C@H]2CCC[C@@H](C)C2)c1C. The van der Waals surface area contributed by atoms with Crippen molar-refractivity contribution in [2.45, 2.75) is 59.4 Å². The second-order valence-electron chi connectivity index (χ2n) is 8.95. The van der Waals surface area contributed by atoms with E-state index in [-0.39, 0.29) is 11.9 Å². The van der Waals surface area contributed by atoms with Crippen molar-refractivity contribution in [2.75, 3.05) is 10.6 Å². The summed E-state index contributed by atoms with van der Waals surface area (Å²) in [6.45, 7) is 7.51. The van der Waals surface area contributed by atoms with Gasteiger partial charge in [0.2, 0.25) is 5.91 Å². The fraction of sp³-hybridized carbons (Fsp3) is 0.423. The van der Waals surface area contributed by atoms with E-state index in [4.69, 9.17) is 0 Å². The molecule has 0 radical (unpaired) electrons. The number of aryl methyl sites for hydroxylation is 1. The second kappa shape index (κ2) is 10.4. The molecule has 6 nitrogen and oxygen atoms in total. The molecule has 170 valence electrons. The van der Waals surface area contributed by atoms with Gasteiger partial charge in [-0.1, -0.05) is 50.1 Å². The molecular weight excluding hydrogens is 402 g/mol. The molecule has 0 saturated heterocycles. The van der Waals surface area contributed by atoms with Crippen LogP contribution in [0.25, 0.3) is 0 Å². The summed E-state index contributed by atoms with van der Waals surface area (Å²) in [5.74, 6) is -0.667. The molecule has 0 bridgehead atoms. The molecule has 2 aromatic rings. The molecule has 6 heteroatoms. The lowest BCUT2D eigenvalue weighted by Gasteiger charge is -2.34. The standard InChI is InChI=1S/C26H33N3O3/c1-16-9-7-11-20(15-16)24(21-12-6-5-10-17(21)2)29-26(32)25(31)28-23-14-8-13-22(18(23)3)27-19(4)30/h5-6,8,10,12-14,16,20,24H,7,9,11,15H2,1-4H3,(H,27,30)(H,28,31)(H,29,32)/t16-,20+,24+/m1/s1. The number of hydrogen-bond donors (Lipinski definition) is 3. The molecule has 3 atom stereocenters. The van der Waals surface area contributed by atoms with Gasteiger partial charge < -0.3 is 16.0 Å². The van der Waals surface area contributed by atoms with Gasteiger partial charge in [0.1, 0.15) is 0 Å². The Bertz CT molecular complexity index is 1000. The van der Waals surface area contributed by atoms with Crippen molar-refractivity contribution < 1.29 is 14.4 Å². The predicted octanol–water partition coefficient (Wildman–Crippen LogP) is 4.88. The highest BCUT2D eigenvalue weighted by Crippen LogP contribution is 2.38. The van der Waals surface area contributed by atoms with Crippen LogP contribution in [-0.4, -0.2) is 17.7 Å². The Balaban J connectivity index is 1.78. The summed E-state index contributed by atoms with van der Waals surface area (Å²) in [5, 5.41) is 8.47. The molecule has 0 aromatic heterocycles. The van der Waals surface area contributed by atoms with E-state index >= 15 is 0 Å². The van der Waals surface area contributed by atoms with Gasteiger partial charge in [-0.05, 0) is 67.3 Å². The molecule has 0 spiro atoms. The van der Waals surface area contributed by atoms with Gasteiger partial charge in [-0.15, -0.1) is 0 Å². The molecule has 32 heavy (non-hydrogen) atoms. The first kappa shape index (κ1) is 23.5. The quantitative estimate of drug-likeness (QED) is 0.585. The third-order valence-corrected chi connectivity index (χ3v) is 6.36. The van der Waals surface area contributed by atoms with Crippen LogP contribution in [0.4, 0.5) is 11.4 Å². The molecule has 3 N–H and O–H groups in total. The maximum Gasteiger partial charge on any atom is 0.313 e. The average molecular weight is 436 g/mol. The number of amides is 3. The molecule has 1 aliphatic rings. The first-order valence-electron chi connectivity index (χ1n) is 11.3. The number of hydrogen-bond acceptors (Lipinski definition) is 3. The summed E-state index contributed by atoms with van der Waals surface area (Å²) >= 11 is 0. The molecule has 1 aliphatic carbocycles. The molecule has 0 heterocycles. The van der Waals surface area contributed by atoms with Crippen molar-refractivity contribution in [1.82, 2.24) is 5.32 Å². The summed E-state index contributed by atoms with van der Waals surface area (Å²) in [4.78, 5) is 37.1. The maximum atomic E-state index is 12.9. The number of carbonyl (C=O) groups excluding carboxylic acids is 3. The van der Waals surface area contributed by atoms with Crippen LogP contribution in [0.1, 0.15) is 62.3 Å². The van der Waals surface area contributed by atoms with Crippen molar-refractivity contribution in [3.63, 3.8) is 0 Å². The second-order valence-corrected chi connectivity index (χ2v) is 8.95. The van der Waals surface area contributed by atoms with E-state index in [9.17, 15) is 14.4 Å². The van der Waals surface area contributed by atoms with E-state index < -0.39 is 11.8 Å². The molecule has 1 fully saturated rings. The Morgan fingerprint density at radius 3 is 2.25 bits per heavy atom. The molecule has 1 saturated carbocycles. The van der Waals surface area contributed by atoms with Crippen LogP contribution in [0.2, 0.25) is 0 Å². The largest absolute Gasteiger partial charge is 0.341 e. The Morgan fingerprint density at radius 2 is 1.59 bits per heavy atom. The van der Waals surface area contributed by atoms with Gasteiger partial charge >= 0.3 is 11.8 Å². The third kappa shape index (κ3) is 5.75. The van der Waals surface area contributed by atoms with Crippen molar-refractivity contribution in [3.05, 3.63) is 59.2 Å². The Labute approximate surface area is 190 Å². The minimum Gasteiger partial charge on any atom is -0.341 e. The summed E-state index contributed by atoms with van der Waals surface area (Å²) in [6.07, 6.45) is 4.39. The van der Waals surface area contributed by atoms with Gasteiger partial charge in [0.25, 0.3) is 0 Å². The average Bonchev–Trinajstić information content (AvgIpc) is 2.75. The molecule has 2 aromatic carbocycles. The van der Waals surface area contributed by atoms with E-state index in [1.54, 1.807) is 25.1 Å². The van der Waals surface area contributed by atoms with Crippen molar-refractivity contribution >= 4 is 29.1 Å². The van der Waals surface area contributed by atoms with Crippen LogP contribution >= 0.6 is 0 Å². The molecule has 3 amide bonds. The lowest BCUT2D eigenvalue weighted by atomic mass is 9.76. The molecule has 3 rings (SSSR count). The first-order chi connectivity index (χ1) is 15.3.